The Balaban J connectivity index is 0.803. The number of nitrogens with zero attached hydrogens (tertiary/aromatic N) is 1. The predicted octanol–water partition coefficient (Wildman–Crippen LogP) is 6.81. The number of fused-ring (bicyclic) bond motifs is 4. The molecule has 1 aromatic heterocycles. The van der Waals surface area contributed by atoms with Crippen molar-refractivity contribution in [2.24, 2.45) is 5.92 Å². The molecule has 5 N–H and O–H groups in total. The van der Waals surface area contributed by atoms with E-state index in [1.165, 1.54) is 12.1 Å². The maximum absolute atomic E-state index is 13.2. The van der Waals surface area contributed by atoms with Crippen LogP contribution < -0.4 is 25.7 Å². The van der Waals surface area contributed by atoms with Crippen molar-refractivity contribution in [1.29, 1.82) is 0 Å². The minimum absolute atomic E-state index is 0.0534. The number of ether oxygens (including phenoxy) is 3. The summed E-state index contributed by atoms with van der Waals surface area (Å²) in [6.07, 6.45) is 1.44. The Morgan fingerprint density at radius 2 is 1.57 bits per heavy atom. The summed E-state index contributed by atoms with van der Waals surface area (Å²) in [6, 6.07) is 37.5. The van der Waals surface area contributed by atoms with Crippen LogP contribution in [0.4, 0.5) is 4.79 Å². The number of esters is 1. The van der Waals surface area contributed by atoms with Crippen LogP contribution >= 0.6 is 0 Å². The third-order valence-electron chi connectivity index (χ3n) is 11.4. The molecule has 12 heteroatoms. The third kappa shape index (κ3) is 9.86. The SMILES string of the molecule is O=C(NC(c1ccccc1)c1cccc(OCc2ccc(C(=O)Oc3ccc(CCNCC(O)c4ccc(O)c5[nH]c(=O)ccc45)cc3)cc2)c1)OC1CN2CCC1CC2. The summed E-state index contributed by atoms with van der Waals surface area (Å²) in [5.41, 5.74) is 4.66. The van der Waals surface area contributed by atoms with E-state index >= 15 is 0 Å². The van der Waals surface area contributed by atoms with Crippen molar-refractivity contribution < 1.29 is 34.0 Å². The van der Waals surface area contributed by atoms with Gasteiger partial charge in [0.1, 0.15) is 30.0 Å². The monoisotopic (exact) mass is 808 g/mol. The van der Waals surface area contributed by atoms with Gasteiger partial charge in [-0.3, -0.25) is 9.69 Å². The second kappa shape index (κ2) is 18.6. The van der Waals surface area contributed by atoms with Gasteiger partial charge >= 0.3 is 12.1 Å². The Bertz CT molecular complexity index is 2470. The molecule has 12 nitrogen and oxygen atoms in total. The number of benzene rings is 5. The van der Waals surface area contributed by atoms with Crippen LogP contribution in [-0.2, 0) is 17.8 Å². The van der Waals surface area contributed by atoms with Crippen LogP contribution in [0.25, 0.3) is 10.9 Å². The largest absolute Gasteiger partial charge is 0.506 e. The van der Waals surface area contributed by atoms with Crippen LogP contribution in [0.5, 0.6) is 17.2 Å². The van der Waals surface area contributed by atoms with Gasteiger partial charge < -0.3 is 40.0 Å². The van der Waals surface area contributed by atoms with Crippen molar-refractivity contribution in [2.45, 2.75) is 44.1 Å². The molecule has 3 atom stereocenters. The first-order chi connectivity index (χ1) is 29.3. The van der Waals surface area contributed by atoms with Crippen LogP contribution in [-0.4, -0.2) is 71.0 Å². The second-order valence-electron chi connectivity index (χ2n) is 15.4. The third-order valence-corrected chi connectivity index (χ3v) is 11.4. The molecule has 1 amide bonds. The number of hydrogen-bond acceptors (Lipinski definition) is 10. The smallest absolute Gasteiger partial charge is 0.408 e. The number of aliphatic hydroxyl groups is 1. The number of nitrogens with one attached hydrogen (secondary N) is 3. The Labute approximate surface area is 347 Å². The summed E-state index contributed by atoms with van der Waals surface area (Å²) in [7, 11) is 0. The topological polar surface area (TPSA) is 162 Å². The van der Waals surface area contributed by atoms with Crippen LogP contribution in [0.15, 0.2) is 132 Å². The van der Waals surface area contributed by atoms with Crippen molar-refractivity contribution in [3.05, 3.63) is 171 Å². The minimum Gasteiger partial charge on any atom is -0.506 e. The molecule has 0 spiro atoms. The average Bonchev–Trinajstić information content (AvgIpc) is 3.28. The zero-order chi connectivity index (χ0) is 41.4. The van der Waals surface area contributed by atoms with Gasteiger partial charge in [0, 0.05) is 24.5 Å². The van der Waals surface area contributed by atoms with Gasteiger partial charge in [0.25, 0.3) is 0 Å². The average molecular weight is 809 g/mol. The standard InChI is InChI=1S/C48H48N4O8/c53-41-19-17-39(40-18-20-44(55)50-46(40)41)42(54)28-49-24-21-31-11-15-37(16-12-31)59-47(56)35-13-9-32(10-14-35)30-58-38-8-4-7-36(27-38)45(34-5-2-1-3-6-34)51-48(57)60-43-29-52-25-22-33(43)23-26-52/h1-20,27,33,42-43,45,49,53-54H,21-26,28-30H2,(H,50,55)(H,51,57). The number of phenols is 1. The van der Waals surface area contributed by atoms with E-state index in [1.54, 1.807) is 36.4 Å². The van der Waals surface area contributed by atoms with Crippen molar-refractivity contribution in [2.75, 3.05) is 32.7 Å². The van der Waals surface area contributed by atoms with E-state index in [-0.39, 0.29) is 30.6 Å². The first-order valence-corrected chi connectivity index (χ1v) is 20.4. The molecule has 0 aliphatic carbocycles. The predicted molar refractivity (Wildman–Crippen MR) is 227 cm³/mol. The molecular formula is C48H48N4O8. The number of amides is 1. The Hall–Kier alpha value is -6.47. The van der Waals surface area contributed by atoms with E-state index < -0.39 is 24.2 Å². The zero-order valence-electron chi connectivity index (χ0n) is 33.1. The summed E-state index contributed by atoms with van der Waals surface area (Å²) in [4.78, 5) is 42.9. The van der Waals surface area contributed by atoms with Crippen molar-refractivity contribution in [3.8, 4) is 17.2 Å². The molecule has 6 aromatic rings. The molecule has 3 unspecified atom stereocenters. The van der Waals surface area contributed by atoms with E-state index in [0.717, 1.165) is 54.7 Å². The van der Waals surface area contributed by atoms with Crippen molar-refractivity contribution >= 4 is 23.0 Å². The highest BCUT2D eigenvalue weighted by Gasteiger charge is 2.37. The molecule has 9 rings (SSSR count). The fraction of sp³-hybridized carbons (Fsp3) is 0.271. The highest BCUT2D eigenvalue weighted by atomic mass is 16.6. The van der Waals surface area contributed by atoms with Crippen LogP contribution in [0.1, 0.15) is 63.2 Å². The molecule has 3 fully saturated rings. The normalized spacial score (nSPS) is 18.1. The maximum atomic E-state index is 13.2. The van der Waals surface area contributed by atoms with Gasteiger partial charge in [0.05, 0.1) is 23.2 Å². The first kappa shape index (κ1) is 40.3. The second-order valence-corrected chi connectivity index (χ2v) is 15.4. The van der Waals surface area contributed by atoms with E-state index in [1.807, 2.05) is 78.9 Å². The Morgan fingerprint density at radius 1 is 0.817 bits per heavy atom. The zero-order valence-corrected chi connectivity index (χ0v) is 33.1. The lowest BCUT2D eigenvalue weighted by Crippen LogP contribution is -2.52. The molecular weight excluding hydrogens is 761 g/mol. The summed E-state index contributed by atoms with van der Waals surface area (Å²) in [5, 5.41) is 27.9. The fourth-order valence-corrected chi connectivity index (χ4v) is 8.05. The number of phenolic OH excluding ortho intramolecular Hbond substituents is 1. The molecule has 3 saturated heterocycles. The number of alkyl carbamates (subject to hydrolysis) is 1. The van der Waals surface area contributed by atoms with Crippen LogP contribution in [0, 0.1) is 5.92 Å². The number of aromatic nitrogens is 1. The number of piperidine rings is 3. The summed E-state index contributed by atoms with van der Waals surface area (Å²) in [6.45, 7) is 4.08. The fourth-order valence-electron chi connectivity index (χ4n) is 8.05. The molecule has 60 heavy (non-hydrogen) atoms. The van der Waals surface area contributed by atoms with E-state index in [4.69, 9.17) is 14.2 Å². The highest BCUT2D eigenvalue weighted by Crippen LogP contribution is 2.32. The number of hydrogen-bond donors (Lipinski definition) is 5. The molecule has 2 bridgehead atoms. The van der Waals surface area contributed by atoms with Gasteiger partial charge in [-0.05, 0) is 121 Å². The molecule has 0 radical (unpaired) electrons. The maximum Gasteiger partial charge on any atom is 0.408 e. The molecule has 3 aliphatic rings. The van der Waals surface area contributed by atoms with Crippen molar-refractivity contribution in [1.82, 2.24) is 20.5 Å². The van der Waals surface area contributed by atoms with E-state index in [2.05, 4.69) is 20.5 Å². The first-order valence-electron chi connectivity index (χ1n) is 20.4. The highest BCUT2D eigenvalue weighted by molar-refractivity contribution is 5.91. The molecule has 4 heterocycles. The van der Waals surface area contributed by atoms with Gasteiger partial charge in [-0.1, -0.05) is 72.8 Å². The number of carbonyl (C=O) groups is 2. The number of carbonyl (C=O) groups excluding carboxylic acids is 2. The lowest BCUT2D eigenvalue weighted by Gasteiger charge is -2.43. The van der Waals surface area contributed by atoms with Gasteiger partial charge in [-0.25, -0.2) is 9.59 Å². The number of rotatable bonds is 15. The summed E-state index contributed by atoms with van der Waals surface area (Å²) in [5.74, 6) is 0.952. The van der Waals surface area contributed by atoms with E-state index in [0.29, 0.717) is 52.4 Å². The summed E-state index contributed by atoms with van der Waals surface area (Å²) < 4.78 is 17.8. The number of aromatic hydroxyl groups is 1. The summed E-state index contributed by atoms with van der Waals surface area (Å²) >= 11 is 0. The number of H-pyrrole nitrogens is 1. The number of pyridine rings is 1. The van der Waals surface area contributed by atoms with Crippen LogP contribution in [0.2, 0.25) is 0 Å². The van der Waals surface area contributed by atoms with E-state index in [9.17, 15) is 24.6 Å². The Kier molecular flexibility index (Phi) is 12.5. The van der Waals surface area contributed by atoms with Crippen LogP contribution in [0.3, 0.4) is 0 Å². The number of aromatic amines is 1. The van der Waals surface area contributed by atoms with Gasteiger partial charge in [-0.15, -0.1) is 0 Å². The molecule has 308 valence electrons. The van der Waals surface area contributed by atoms with Gasteiger partial charge in [-0.2, -0.15) is 0 Å². The molecule has 5 aromatic carbocycles. The number of aliphatic hydroxyl groups excluding tert-OH is 1. The molecule has 3 aliphatic heterocycles. The molecule has 0 saturated carbocycles. The van der Waals surface area contributed by atoms with Gasteiger partial charge in [0.2, 0.25) is 5.56 Å². The van der Waals surface area contributed by atoms with Crippen molar-refractivity contribution in [3.63, 3.8) is 0 Å². The quantitative estimate of drug-likeness (QED) is 0.0424. The lowest BCUT2D eigenvalue weighted by atomic mass is 9.86. The minimum atomic E-state index is -0.847. The van der Waals surface area contributed by atoms with Gasteiger partial charge in [0.15, 0.2) is 0 Å². The lowest BCUT2D eigenvalue weighted by molar-refractivity contribution is -0.0336. The Morgan fingerprint density at radius 3 is 2.32 bits per heavy atom.